The van der Waals surface area contributed by atoms with Gasteiger partial charge < -0.3 is 29.0 Å². The second kappa shape index (κ2) is 9.30. The molecular weight excluding hydrogens is 506 g/mol. The van der Waals surface area contributed by atoms with Gasteiger partial charge in [-0.1, -0.05) is 33.8 Å². The number of carbonyl (C=O) groups excluding carboxylic acids is 1. The van der Waals surface area contributed by atoms with Gasteiger partial charge in [0, 0.05) is 29.0 Å². The van der Waals surface area contributed by atoms with Crippen LogP contribution in [-0.4, -0.2) is 48.9 Å². The molecule has 0 unspecified atom stereocenters. The fourth-order valence-corrected chi connectivity index (χ4v) is 8.59. The van der Waals surface area contributed by atoms with Crippen molar-refractivity contribution >= 4 is 5.91 Å². The molecule has 2 aromatic rings. The summed E-state index contributed by atoms with van der Waals surface area (Å²) in [6.45, 7) is 10.1. The summed E-state index contributed by atoms with van der Waals surface area (Å²) >= 11 is 0. The molecule has 2 aliphatic carbocycles. The van der Waals surface area contributed by atoms with Crippen LogP contribution in [0, 0.1) is 22.7 Å². The minimum Gasteiger partial charge on any atom is -0.496 e. The number of hydrogen-bond donors (Lipinski definition) is 1. The smallest absolute Gasteiger partial charge is 0.255 e. The number of fused-ring (bicyclic) bond motifs is 3. The first-order valence-corrected chi connectivity index (χ1v) is 14.6. The van der Waals surface area contributed by atoms with Crippen LogP contribution in [0.1, 0.15) is 80.4 Å². The van der Waals surface area contributed by atoms with Gasteiger partial charge in [0.15, 0.2) is 11.5 Å². The van der Waals surface area contributed by atoms with E-state index in [0.29, 0.717) is 36.1 Å². The predicted molar refractivity (Wildman–Crippen MR) is 152 cm³/mol. The van der Waals surface area contributed by atoms with Crippen molar-refractivity contribution in [2.45, 2.75) is 84.6 Å². The van der Waals surface area contributed by atoms with Gasteiger partial charge in [0.2, 0.25) is 0 Å². The number of ether oxygens (including phenoxy) is 4. The molecule has 1 spiro atoms. The van der Waals surface area contributed by atoms with Crippen molar-refractivity contribution in [3.63, 3.8) is 0 Å². The summed E-state index contributed by atoms with van der Waals surface area (Å²) in [5.41, 5.74) is 2.89. The third kappa shape index (κ3) is 3.62. The van der Waals surface area contributed by atoms with Crippen molar-refractivity contribution < 1.29 is 28.8 Å². The van der Waals surface area contributed by atoms with E-state index in [1.165, 1.54) is 0 Å². The minimum absolute atomic E-state index is 0.0201. The number of amides is 1. The lowest BCUT2D eigenvalue weighted by atomic mass is 9.43. The maximum Gasteiger partial charge on any atom is 0.255 e. The van der Waals surface area contributed by atoms with Gasteiger partial charge in [-0.15, -0.1) is 0 Å². The summed E-state index contributed by atoms with van der Waals surface area (Å²) in [4.78, 5) is 15.7. The third-order valence-electron chi connectivity index (χ3n) is 11.2. The van der Waals surface area contributed by atoms with Crippen LogP contribution < -0.4 is 18.9 Å². The zero-order valence-electron chi connectivity index (χ0n) is 24.9. The van der Waals surface area contributed by atoms with Gasteiger partial charge in [0.05, 0.1) is 39.5 Å². The molecular formula is C33H43NO6. The Labute approximate surface area is 237 Å². The Kier molecular flexibility index (Phi) is 6.34. The van der Waals surface area contributed by atoms with Crippen molar-refractivity contribution in [2.24, 2.45) is 22.7 Å². The first kappa shape index (κ1) is 27.3. The van der Waals surface area contributed by atoms with E-state index in [2.05, 4.69) is 27.7 Å². The predicted octanol–water partition coefficient (Wildman–Crippen LogP) is 5.78. The molecule has 2 aromatic carbocycles. The standard InChI is InChI=1S/C33H43NO6/c1-19-8-11-27-31(2,3)28(35)12-13-33(27)32(19,4)16-22-25(38-6)15-21-23(29(22)40-33)18-34(30(21)36)17-20-9-10-24(37-5)26(14-20)39-7/h9-10,14-15,19,27-28,35H,8,11-13,16-18H2,1-7H3/t19-,27-,28-,32+,33-/m0/s1. The average Bonchev–Trinajstić information content (AvgIpc) is 3.24. The summed E-state index contributed by atoms with van der Waals surface area (Å²) in [6.07, 6.45) is 4.18. The van der Waals surface area contributed by atoms with Gasteiger partial charge in [-0.25, -0.2) is 0 Å². The fourth-order valence-electron chi connectivity index (χ4n) is 8.59. The quantitative estimate of drug-likeness (QED) is 0.510. The molecule has 0 radical (unpaired) electrons. The second-order valence-electron chi connectivity index (χ2n) is 13.3. The van der Waals surface area contributed by atoms with Crippen molar-refractivity contribution in [3.8, 4) is 23.0 Å². The molecule has 7 heteroatoms. The van der Waals surface area contributed by atoms with Crippen molar-refractivity contribution in [2.75, 3.05) is 21.3 Å². The van der Waals surface area contributed by atoms with Gasteiger partial charge >= 0.3 is 0 Å². The number of aliphatic hydroxyl groups excluding tert-OH is 1. The number of carbonyl (C=O) groups is 1. The molecule has 4 aliphatic rings. The molecule has 7 nitrogen and oxygen atoms in total. The van der Waals surface area contributed by atoms with Gasteiger partial charge in [-0.2, -0.15) is 0 Å². The van der Waals surface area contributed by atoms with E-state index in [-0.39, 0.29) is 28.8 Å². The SMILES string of the molecule is COc1ccc(CN2Cc3c(cc(OC)c4c3O[C@@]35CC[C@H](O)C(C)(C)[C@@H]3CC[C@H](C)[C@@]5(C)C4)C2=O)cc1OC. The summed E-state index contributed by atoms with van der Waals surface area (Å²) in [5.74, 6) is 3.53. The summed E-state index contributed by atoms with van der Waals surface area (Å²) < 4.78 is 24.2. The minimum atomic E-state index is -0.402. The maximum atomic E-state index is 13.8. The molecule has 5 atom stereocenters. The summed E-state index contributed by atoms with van der Waals surface area (Å²) in [6, 6.07) is 7.70. The van der Waals surface area contributed by atoms with Crippen molar-refractivity contribution in [1.29, 1.82) is 0 Å². The lowest BCUT2D eigenvalue weighted by molar-refractivity contribution is -0.233. The molecule has 40 heavy (non-hydrogen) atoms. The summed E-state index contributed by atoms with van der Waals surface area (Å²) in [5, 5.41) is 11.1. The highest BCUT2D eigenvalue weighted by atomic mass is 16.5. The molecule has 2 aliphatic heterocycles. The van der Waals surface area contributed by atoms with Crippen LogP contribution in [0.15, 0.2) is 24.3 Å². The number of nitrogens with zero attached hydrogens (tertiary/aromatic N) is 1. The van der Waals surface area contributed by atoms with Crippen LogP contribution in [0.25, 0.3) is 0 Å². The van der Waals surface area contributed by atoms with Crippen LogP contribution in [0.4, 0.5) is 0 Å². The van der Waals surface area contributed by atoms with Crippen LogP contribution in [-0.2, 0) is 19.5 Å². The lowest BCUT2D eigenvalue weighted by Crippen LogP contribution is -2.70. The van der Waals surface area contributed by atoms with E-state index in [0.717, 1.165) is 60.3 Å². The Balaban J connectivity index is 1.42. The molecule has 1 amide bonds. The van der Waals surface area contributed by atoms with E-state index in [9.17, 15) is 9.90 Å². The van der Waals surface area contributed by atoms with Gasteiger partial charge in [0.25, 0.3) is 5.91 Å². The maximum absolute atomic E-state index is 13.8. The topological polar surface area (TPSA) is 77.5 Å². The highest BCUT2D eigenvalue weighted by molar-refractivity contribution is 6.00. The Bertz CT molecular complexity index is 1350. The molecule has 0 bridgehead atoms. The lowest BCUT2D eigenvalue weighted by Gasteiger charge is -2.67. The number of methoxy groups -OCH3 is 3. The largest absolute Gasteiger partial charge is 0.496 e. The Morgan fingerprint density at radius 3 is 2.40 bits per heavy atom. The van der Waals surface area contributed by atoms with Crippen LogP contribution >= 0.6 is 0 Å². The molecule has 2 saturated carbocycles. The normalized spacial score (nSPS) is 31.9. The number of aliphatic hydroxyl groups is 1. The first-order chi connectivity index (χ1) is 19.0. The number of rotatable bonds is 5. The van der Waals surface area contributed by atoms with Crippen molar-refractivity contribution in [3.05, 3.63) is 46.5 Å². The van der Waals surface area contributed by atoms with E-state index in [4.69, 9.17) is 18.9 Å². The molecule has 6 rings (SSSR count). The number of hydrogen-bond acceptors (Lipinski definition) is 6. The van der Waals surface area contributed by atoms with Crippen LogP contribution in [0.5, 0.6) is 23.0 Å². The van der Waals surface area contributed by atoms with E-state index in [1.54, 1.807) is 21.3 Å². The Morgan fingerprint density at radius 1 is 0.975 bits per heavy atom. The van der Waals surface area contributed by atoms with Crippen LogP contribution in [0.2, 0.25) is 0 Å². The first-order valence-electron chi connectivity index (χ1n) is 14.6. The van der Waals surface area contributed by atoms with Gasteiger partial charge in [-0.05, 0) is 67.2 Å². The molecule has 0 aromatic heterocycles. The fraction of sp³-hybridized carbons (Fsp3) is 0.606. The van der Waals surface area contributed by atoms with E-state index >= 15 is 0 Å². The molecule has 2 heterocycles. The molecule has 1 N–H and O–H groups in total. The average molecular weight is 550 g/mol. The van der Waals surface area contributed by atoms with Crippen molar-refractivity contribution in [1.82, 2.24) is 4.90 Å². The third-order valence-corrected chi connectivity index (χ3v) is 11.2. The van der Waals surface area contributed by atoms with Crippen LogP contribution in [0.3, 0.4) is 0 Å². The highest BCUT2D eigenvalue weighted by Gasteiger charge is 2.68. The van der Waals surface area contributed by atoms with Gasteiger partial charge in [0.1, 0.15) is 17.1 Å². The molecule has 216 valence electrons. The molecule has 2 fully saturated rings. The van der Waals surface area contributed by atoms with E-state index < -0.39 is 5.60 Å². The van der Waals surface area contributed by atoms with E-state index in [1.807, 2.05) is 29.2 Å². The highest BCUT2D eigenvalue weighted by Crippen LogP contribution is 2.67. The monoisotopic (exact) mass is 549 g/mol. The second-order valence-corrected chi connectivity index (χ2v) is 13.3. The van der Waals surface area contributed by atoms with Gasteiger partial charge in [-0.3, -0.25) is 4.79 Å². The Hall–Kier alpha value is -2.93. The Morgan fingerprint density at radius 2 is 1.70 bits per heavy atom. The zero-order valence-corrected chi connectivity index (χ0v) is 24.9. The summed E-state index contributed by atoms with van der Waals surface area (Å²) in [7, 11) is 4.92. The zero-order chi connectivity index (χ0) is 28.6. The molecule has 0 saturated heterocycles. The number of benzene rings is 2.